The Kier molecular flexibility index (Phi) is 7.78. The van der Waals surface area contributed by atoms with Crippen molar-refractivity contribution in [2.45, 2.75) is 38.1 Å². The number of hydrogen-bond acceptors (Lipinski definition) is 4. The van der Waals surface area contributed by atoms with Gasteiger partial charge < -0.3 is 10.0 Å². The second kappa shape index (κ2) is 9.82. The maximum Gasteiger partial charge on any atom is 0.303 e. The molecule has 0 aromatic heterocycles. The van der Waals surface area contributed by atoms with Gasteiger partial charge in [-0.1, -0.05) is 11.6 Å². The molecule has 2 rings (SSSR count). The van der Waals surface area contributed by atoms with Gasteiger partial charge in [-0.05, 0) is 49.9 Å². The minimum atomic E-state index is -0.832. The molecule has 1 unspecified atom stereocenters. The first-order chi connectivity index (χ1) is 12.0. The van der Waals surface area contributed by atoms with Crippen LogP contribution in [0.5, 0.6) is 0 Å². The Labute approximate surface area is 156 Å². The van der Waals surface area contributed by atoms with Gasteiger partial charge in [-0.25, -0.2) is 0 Å². The van der Waals surface area contributed by atoms with E-state index in [0.29, 0.717) is 23.6 Å². The molecule has 1 aliphatic rings. The Bertz CT molecular complexity index is 620. The second-order valence-corrected chi connectivity index (χ2v) is 7.51. The molecule has 1 N–H and O–H groups in total. The first-order valence-electron chi connectivity index (χ1n) is 8.35. The number of ketones is 1. The van der Waals surface area contributed by atoms with Gasteiger partial charge in [-0.3, -0.25) is 14.4 Å². The summed E-state index contributed by atoms with van der Waals surface area (Å²) in [4.78, 5) is 37.1. The van der Waals surface area contributed by atoms with Crippen LogP contribution in [0.1, 0.15) is 42.5 Å². The molecule has 1 saturated heterocycles. The van der Waals surface area contributed by atoms with Gasteiger partial charge >= 0.3 is 5.97 Å². The highest BCUT2D eigenvalue weighted by Gasteiger charge is 2.26. The molecule has 1 aromatic rings. The molecule has 25 heavy (non-hydrogen) atoms. The van der Waals surface area contributed by atoms with Crippen molar-refractivity contribution in [3.63, 3.8) is 0 Å². The molecule has 0 radical (unpaired) electrons. The van der Waals surface area contributed by atoms with Crippen molar-refractivity contribution in [3.8, 4) is 0 Å². The lowest BCUT2D eigenvalue weighted by Crippen LogP contribution is -2.44. The summed E-state index contributed by atoms with van der Waals surface area (Å²) in [5.74, 6) is -0.398. The van der Waals surface area contributed by atoms with Crippen molar-refractivity contribution in [1.82, 2.24) is 4.90 Å². The van der Waals surface area contributed by atoms with Crippen molar-refractivity contribution in [2.75, 3.05) is 18.1 Å². The van der Waals surface area contributed by atoms with E-state index in [-0.39, 0.29) is 35.7 Å². The zero-order chi connectivity index (χ0) is 18.2. The van der Waals surface area contributed by atoms with Crippen molar-refractivity contribution < 1.29 is 19.5 Å². The lowest BCUT2D eigenvalue weighted by molar-refractivity contribution is -0.139. The summed E-state index contributed by atoms with van der Waals surface area (Å²) in [7, 11) is 0. The zero-order valence-corrected chi connectivity index (χ0v) is 15.5. The maximum absolute atomic E-state index is 12.4. The molecule has 1 heterocycles. The second-order valence-electron chi connectivity index (χ2n) is 6.09. The summed E-state index contributed by atoms with van der Waals surface area (Å²) in [6, 6.07) is 6.71. The molecule has 0 saturated carbocycles. The third-order valence-electron chi connectivity index (χ3n) is 4.26. The molecule has 7 heteroatoms. The smallest absolute Gasteiger partial charge is 0.303 e. The van der Waals surface area contributed by atoms with Gasteiger partial charge in [0, 0.05) is 29.6 Å². The van der Waals surface area contributed by atoms with Gasteiger partial charge in [0.25, 0.3) is 0 Å². The molecule has 5 nitrogen and oxygen atoms in total. The topological polar surface area (TPSA) is 74.7 Å². The van der Waals surface area contributed by atoms with Crippen molar-refractivity contribution in [2.24, 2.45) is 0 Å². The molecule has 1 amide bonds. The van der Waals surface area contributed by atoms with E-state index < -0.39 is 5.97 Å². The number of carboxylic acid groups (broad SMARTS) is 1. The molecule has 1 atom stereocenters. The number of hydrogen-bond donors (Lipinski definition) is 1. The van der Waals surface area contributed by atoms with Crippen LogP contribution in [0.25, 0.3) is 0 Å². The lowest BCUT2D eigenvalue weighted by atomic mass is 9.98. The highest BCUT2D eigenvalue weighted by atomic mass is 35.5. The molecular weight excluding hydrogens is 362 g/mol. The average molecular weight is 384 g/mol. The van der Waals surface area contributed by atoms with Crippen molar-refractivity contribution >= 4 is 41.0 Å². The minimum absolute atomic E-state index is 0.00455. The number of likely N-dealkylation sites (tertiary alicyclic amines) is 1. The van der Waals surface area contributed by atoms with Gasteiger partial charge in [-0.15, -0.1) is 11.8 Å². The predicted octanol–water partition coefficient (Wildman–Crippen LogP) is 3.50. The fraction of sp³-hybridized carbons (Fsp3) is 0.500. The van der Waals surface area contributed by atoms with Crippen LogP contribution in [0.4, 0.5) is 0 Å². The van der Waals surface area contributed by atoms with Crippen LogP contribution in [0, 0.1) is 0 Å². The Balaban J connectivity index is 1.80. The van der Waals surface area contributed by atoms with Crippen LogP contribution in [0.15, 0.2) is 24.3 Å². The van der Waals surface area contributed by atoms with E-state index in [1.807, 2.05) is 0 Å². The Hall–Kier alpha value is -1.53. The fourth-order valence-corrected chi connectivity index (χ4v) is 3.87. The van der Waals surface area contributed by atoms with Crippen LogP contribution in [-0.2, 0) is 9.59 Å². The van der Waals surface area contributed by atoms with Gasteiger partial charge in [0.05, 0.1) is 11.5 Å². The minimum Gasteiger partial charge on any atom is -0.481 e. The molecule has 1 fully saturated rings. The number of amides is 1. The third kappa shape index (κ3) is 6.36. The van der Waals surface area contributed by atoms with Crippen LogP contribution in [0.3, 0.4) is 0 Å². The summed E-state index contributed by atoms with van der Waals surface area (Å²) in [5.41, 5.74) is 0.585. The number of carbonyl (C=O) groups excluding carboxylic acids is 2. The Morgan fingerprint density at radius 2 is 1.88 bits per heavy atom. The largest absolute Gasteiger partial charge is 0.481 e. The number of benzene rings is 1. The Morgan fingerprint density at radius 1 is 1.16 bits per heavy atom. The van der Waals surface area contributed by atoms with Gasteiger partial charge in [0.2, 0.25) is 5.91 Å². The first kappa shape index (κ1) is 19.8. The molecule has 136 valence electrons. The number of nitrogens with zero attached hydrogens (tertiary/aromatic N) is 1. The van der Waals surface area contributed by atoms with E-state index in [0.717, 1.165) is 19.3 Å². The number of carboxylic acids is 1. The van der Waals surface area contributed by atoms with Gasteiger partial charge in [0.15, 0.2) is 5.78 Å². The van der Waals surface area contributed by atoms with E-state index in [2.05, 4.69) is 0 Å². The molecule has 0 bridgehead atoms. The standard InChI is InChI=1S/C18H22ClNO4S/c19-14-6-4-13(5-7-14)16(21)11-25-12-17(22)20-10-2-1-3-15(20)8-9-18(23)24/h4-7,15H,1-3,8-12H2,(H,23,24). The highest BCUT2D eigenvalue weighted by Crippen LogP contribution is 2.22. The van der Waals surface area contributed by atoms with Gasteiger partial charge in [-0.2, -0.15) is 0 Å². The average Bonchev–Trinajstić information content (AvgIpc) is 2.60. The number of thioether (sulfide) groups is 1. The molecular formula is C18H22ClNO4S. The van der Waals surface area contributed by atoms with Crippen LogP contribution < -0.4 is 0 Å². The van der Waals surface area contributed by atoms with Crippen LogP contribution >= 0.6 is 23.4 Å². The first-order valence-corrected chi connectivity index (χ1v) is 9.88. The number of aliphatic carboxylic acids is 1. The number of carbonyl (C=O) groups is 3. The summed E-state index contributed by atoms with van der Waals surface area (Å²) in [5, 5.41) is 9.42. The fourth-order valence-electron chi connectivity index (χ4n) is 2.95. The SMILES string of the molecule is O=C(O)CCC1CCCCN1C(=O)CSCC(=O)c1ccc(Cl)cc1. The van der Waals surface area contributed by atoms with Crippen LogP contribution in [0.2, 0.25) is 5.02 Å². The van der Waals surface area contributed by atoms with Gasteiger partial charge in [0.1, 0.15) is 0 Å². The van der Waals surface area contributed by atoms with E-state index in [9.17, 15) is 14.4 Å². The molecule has 1 aromatic carbocycles. The predicted molar refractivity (Wildman–Crippen MR) is 99.3 cm³/mol. The van der Waals surface area contributed by atoms with E-state index in [1.54, 1.807) is 29.2 Å². The quantitative estimate of drug-likeness (QED) is 0.695. The number of Topliss-reactive ketones (excluding diaryl/α,β-unsaturated/α-hetero) is 1. The van der Waals surface area contributed by atoms with E-state index in [1.165, 1.54) is 11.8 Å². The number of piperidine rings is 1. The summed E-state index contributed by atoms with van der Waals surface area (Å²) in [6.07, 6.45) is 3.40. The summed E-state index contributed by atoms with van der Waals surface area (Å²) in [6.45, 7) is 0.675. The number of rotatable bonds is 8. The van der Waals surface area contributed by atoms with E-state index in [4.69, 9.17) is 16.7 Å². The normalized spacial score (nSPS) is 17.3. The highest BCUT2D eigenvalue weighted by molar-refractivity contribution is 8.00. The Morgan fingerprint density at radius 3 is 2.56 bits per heavy atom. The summed E-state index contributed by atoms with van der Waals surface area (Å²) < 4.78 is 0. The third-order valence-corrected chi connectivity index (χ3v) is 5.43. The molecule has 0 spiro atoms. The van der Waals surface area contributed by atoms with E-state index >= 15 is 0 Å². The summed E-state index contributed by atoms with van der Waals surface area (Å²) >= 11 is 7.10. The number of halogens is 1. The molecule has 0 aliphatic carbocycles. The van der Waals surface area contributed by atoms with Crippen molar-refractivity contribution in [3.05, 3.63) is 34.9 Å². The molecule has 1 aliphatic heterocycles. The maximum atomic E-state index is 12.4. The van der Waals surface area contributed by atoms with Crippen molar-refractivity contribution in [1.29, 1.82) is 0 Å². The van der Waals surface area contributed by atoms with Crippen LogP contribution in [-0.4, -0.2) is 51.8 Å². The lowest BCUT2D eigenvalue weighted by Gasteiger charge is -2.35. The monoisotopic (exact) mass is 383 g/mol. The zero-order valence-electron chi connectivity index (χ0n) is 13.9.